The molecule has 0 bridgehead atoms. The van der Waals surface area contributed by atoms with Crippen molar-refractivity contribution in [3.63, 3.8) is 0 Å². The third-order valence-corrected chi connectivity index (χ3v) is 5.75. The number of aryl methyl sites for hydroxylation is 2. The summed E-state index contributed by atoms with van der Waals surface area (Å²) in [6, 6.07) is 0. The van der Waals surface area contributed by atoms with Gasteiger partial charge in [0.2, 0.25) is 5.91 Å². The summed E-state index contributed by atoms with van der Waals surface area (Å²) in [6.07, 6.45) is 21.3. The third kappa shape index (κ3) is 16.3. The Balaban J connectivity index is 0.000000244. The van der Waals surface area contributed by atoms with Crippen molar-refractivity contribution in [2.45, 2.75) is 105 Å². The topological polar surface area (TPSA) is 113 Å². The van der Waals surface area contributed by atoms with E-state index in [1.807, 2.05) is 43.7 Å². The molecule has 5 heterocycles. The van der Waals surface area contributed by atoms with Crippen molar-refractivity contribution >= 4 is 36.0 Å². The van der Waals surface area contributed by atoms with Crippen molar-refractivity contribution in [1.29, 1.82) is 0 Å². The summed E-state index contributed by atoms with van der Waals surface area (Å²) in [5.41, 5.74) is 4.66. The molecule has 0 aromatic carbocycles. The second-order valence-electron chi connectivity index (χ2n) is 9.45. The van der Waals surface area contributed by atoms with Crippen LogP contribution in [0.1, 0.15) is 104 Å². The minimum atomic E-state index is 0.344. The van der Waals surface area contributed by atoms with E-state index in [4.69, 9.17) is 0 Å². The summed E-state index contributed by atoms with van der Waals surface area (Å²) < 4.78 is 1.68. The normalized spacial score (nSPS) is 16.2. The molecule has 0 spiro atoms. The number of carbonyl (C=O) groups is 1. The Kier molecular flexibility index (Phi) is 18.7. The summed E-state index contributed by atoms with van der Waals surface area (Å²) in [6.45, 7) is 12.4. The van der Waals surface area contributed by atoms with Crippen molar-refractivity contribution in [1.82, 2.24) is 19.9 Å². The molecule has 4 aliphatic heterocycles. The van der Waals surface area contributed by atoms with E-state index < -0.39 is 0 Å². The van der Waals surface area contributed by atoms with Crippen LogP contribution in [0.4, 0.5) is 0 Å². The van der Waals surface area contributed by atoms with Gasteiger partial charge in [-0.3, -0.25) is 14.5 Å². The standard InChI is InChI=1S/C7H13NO.2C6H10N2.C6H9N.C4H7N3/c1-2-5-8-6-3-4-7(8)9;2*1-2-3-6-4-5-7-8-6;1-2-6-4-3-5-7-6;1-4-3-7(2)6-5-4/h2-6H2,1H3;2*5H,2-4H2,1H3;4-5H,2-3H2,1H3;3H,1-2H3. The predicted octanol–water partition coefficient (Wildman–Crippen LogP) is 6.13. The number of aliphatic imine (C=N–C) groups is 1. The van der Waals surface area contributed by atoms with Gasteiger partial charge in [-0.1, -0.05) is 51.8 Å². The van der Waals surface area contributed by atoms with Gasteiger partial charge in [0.05, 0.1) is 5.69 Å². The number of hydrogen-bond acceptors (Lipinski definition) is 8. The van der Waals surface area contributed by atoms with Gasteiger partial charge in [-0.25, -0.2) is 0 Å². The molecule has 4 aliphatic rings. The summed E-state index contributed by atoms with van der Waals surface area (Å²) in [4.78, 5) is 16.9. The van der Waals surface area contributed by atoms with E-state index in [2.05, 4.69) is 69.5 Å². The highest BCUT2D eigenvalue weighted by atomic mass is 16.2. The van der Waals surface area contributed by atoms with E-state index in [0.29, 0.717) is 5.91 Å². The highest BCUT2D eigenvalue weighted by molar-refractivity contribution is 5.98. The smallest absolute Gasteiger partial charge is 0.222 e. The Morgan fingerprint density at radius 1 is 0.897 bits per heavy atom. The fourth-order valence-electron chi connectivity index (χ4n) is 3.82. The molecular weight excluding hydrogens is 490 g/mol. The number of carbonyl (C=O) groups excluding carboxylic acids is 1. The lowest BCUT2D eigenvalue weighted by molar-refractivity contribution is -0.127. The van der Waals surface area contributed by atoms with Crippen LogP contribution in [0.3, 0.4) is 0 Å². The van der Waals surface area contributed by atoms with Crippen molar-refractivity contribution in [2.24, 2.45) is 32.4 Å². The lowest BCUT2D eigenvalue weighted by Crippen LogP contribution is -2.24. The highest BCUT2D eigenvalue weighted by Crippen LogP contribution is 2.09. The Morgan fingerprint density at radius 2 is 1.54 bits per heavy atom. The zero-order chi connectivity index (χ0) is 28.7. The molecule has 39 heavy (non-hydrogen) atoms. The number of rotatable bonds is 7. The zero-order valence-electron chi connectivity index (χ0n) is 25.0. The molecule has 1 aromatic rings. The second kappa shape index (κ2) is 21.6. The SMILES string of the molecule is CCC1=CCC=N1.CCCC1=NN=CC1.CCCC1=NN=CC1.CCCN1CCCC1=O.Cc1cn(C)nn1. The van der Waals surface area contributed by atoms with E-state index in [1.165, 1.54) is 30.0 Å². The minimum Gasteiger partial charge on any atom is -0.343 e. The molecule has 0 aliphatic carbocycles. The van der Waals surface area contributed by atoms with Gasteiger partial charge in [0.1, 0.15) is 0 Å². The van der Waals surface area contributed by atoms with Crippen LogP contribution >= 0.6 is 0 Å². The Hall–Kier alpha value is -3.30. The first-order valence-electron chi connectivity index (χ1n) is 14.4. The van der Waals surface area contributed by atoms with Crippen molar-refractivity contribution in [2.75, 3.05) is 13.1 Å². The lowest BCUT2D eigenvalue weighted by atomic mass is 10.2. The Bertz CT molecular complexity index is 954. The maximum atomic E-state index is 10.9. The number of aromatic nitrogens is 3. The first-order chi connectivity index (χ1) is 18.9. The largest absolute Gasteiger partial charge is 0.343 e. The van der Waals surface area contributed by atoms with Crippen LogP contribution in [0.2, 0.25) is 0 Å². The number of amides is 1. The maximum absolute atomic E-state index is 10.9. The molecule has 0 unspecified atom stereocenters. The predicted molar refractivity (Wildman–Crippen MR) is 164 cm³/mol. The molecule has 5 rings (SSSR count). The molecule has 0 saturated carbocycles. The van der Waals surface area contributed by atoms with Gasteiger partial charge in [0, 0.05) is 87.8 Å². The monoisotopic (exact) mass is 539 g/mol. The maximum Gasteiger partial charge on any atom is 0.222 e. The first-order valence-corrected chi connectivity index (χ1v) is 14.4. The van der Waals surface area contributed by atoms with Gasteiger partial charge < -0.3 is 4.90 Å². The Labute approximate surface area is 235 Å². The molecular formula is C29H49N9O. The highest BCUT2D eigenvalue weighted by Gasteiger charge is 2.18. The van der Waals surface area contributed by atoms with Crippen molar-refractivity contribution < 1.29 is 4.79 Å². The Morgan fingerprint density at radius 3 is 1.82 bits per heavy atom. The quantitative estimate of drug-likeness (QED) is 0.415. The summed E-state index contributed by atoms with van der Waals surface area (Å²) in [5, 5.41) is 22.7. The lowest BCUT2D eigenvalue weighted by Gasteiger charge is -2.12. The third-order valence-electron chi connectivity index (χ3n) is 5.75. The molecule has 0 radical (unpaired) electrons. The van der Waals surface area contributed by atoms with Gasteiger partial charge in [-0.15, -0.1) is 5.10 Å². The van der Waals surface area contributed by atoms with Crippen LogP contribution in [0.5, 0.6) is 0 Å². The van der Waals surface area contributed by atoms with E-state index in [-0.39, 0.29) is 0 Å². The molecule has 0 N–H and O–H groups in total. The van der Waals surface area contributed by atoms with Crippen LogP contribution in [0.15, 0.2) is 43.4 Å². The number of hydrogen-bond donors (Lipinski definition) is 0. The molecule has 0 atom stereocenters. The van der Waals surface area contributed by atoms with Crippen LogP contribution in [0.25, 0.3) is 0 Å². The zero-order valence-corrected chi connectivity index (χ0v) is 25.0. The van der Waals surface area contributed by atoms with Gasteiger partial charge in [0.15, 0.2) is 0 Å². The van der Waals surface area contributed by atoms with E-state index in [9.17, 15) is 4.79 Å². The van der Waals surface area contributed by atoms with Crippen LogP contribution in [-0.4, -0.2) is 69.0 Å². The van der Waals surface area contributed by atoms with Crippen molar-refractivity contribution in [3.05, 3.63) is 23.7 Å². The van der Waals surface area contributed by atoms with E-state index >= 15 is 0 Å². The molecule has 1 saturated heterocycles. The molecule has 216 valence electrons. The molecule has 10 heteroatoms. The molecule has 10 nitrogen and oxygen atoms in total. The number of allylic oxidation sites excluding steroid dienone is 2. The number of likely N-dealkylation sites (tertiary alicyclic amines) is 1. The molecule has 1 fully saturated rings. The van der Waals surface area contributed by atoms with Gasteiger partial charge in [-0.2, -0.15) is 20.4 Å². The minimum absolute atomic E-state index is 0.344. The fraction of sp³-hybridized carbons (Fsp3) is 0.655. The van der Waals surface area contributed by atoms with E-state index in [1.54, 1.807) is 4.68 Å². The summed E-state index contributed by atoms with van der Waals surface area (Å²) in [5.74, 6) is 0.344. The van der Waals surface area contributed by atoms with E-state index in [0.717, 1.165) is 76.6 Å². The van der Waals surface area contributed by atoms with Crippen LogP contribution < -0.4 is 0 Å². The van der Waals surface area contributed by atoms with Gasteiger partial charge in [-0.05, 0) is 39.0 Å². The average molecular weight is 540 g/mol. The first kappa shape index (κ1) is 33.7. The molecule has 1 amide bonds. The fourth-order valence-corrected chi connectivity index (χ4v) is 3.82. The van der Waals surface area contributed by atoms with Crippen LogP contribution in [0, 0.1) is 6.92 Å². The van der Waals surface area contributed by atoms with Crippen molar-refractivity contribution in [3.8, 4) is 0 Å². The van der Waals surface area contributed by atoms with Gasteiger partial charge in [0.25, 0.3) is 0 Å². The summed E-state index contributed by atoms with van der Waals surface area (Å²) in [7, 11) is 1.85. The number of nitrogens with zero attached hydrogens (tertiary/aromatic N) is 9. The average Bonchev–Trinajstić information content (AvgIpc) is 3.76. The second-order valence-corrected chi connectivity index (χ2v) is 9.45. The molecule has 1 aromatic heterocycles. The summed E-state index contributed by atoms with van der Waals surface area (Å²) >= 11 is 0. The van der Waals surface area contributed by atoms with Gasteiger partial charge >= 0.3 is 0 Å². The van der Waals surface area contributed by atoms with Crippen LogP contribution in [-0.2, 0) is 11.8 Å².